The quantitative estimate of drug-likeness (QED) is 0.538. The second kappa shape index (κ2) is 9.09. The maximum Gasteiger partial charge on any atom is 0.335 e. The highest BCUT2D eigenvalue weighted by molar-refractivity contribution is 5.89. The largest absolute Gasteiger partial charge is 0.497 e. The molecule has 0 fully saturated rings. The van der Waals surface area contributed by atoms with E-state index in [9.17, 15) is 9.90 Å². The van der Waals surface area contributed by atoms with E-state index in [4.69, 9.17) is 9.47 Å². The van der Waals surface area contributed by atoms with Gasteiger partial charge in [-0.2, -0.15) is 0 Å². The average molecular weight is 415 g/mol. The SMILES string of the molecule is COc1cc(CC2=CCc3cccc(CCc4ccccc4C(=O)O)c32)cc(OC)c1. The van der Waals surface area contributed by atoms with Crippen LogP contribution in [0.3, 0.4) is 0 Å². The van der Waals surface area contributed by atoms with E-state index >= 15 is 0 Å². The van der Waals surface area contributed by atoms with Crippen molar-refractivity contribution in [1.29, 1.82) is 0 Å². The Balaban J connectivity index is 1.59. The summed E-state index contributed by atoms with van der Waals surface area (Å²) >= 11 is 0. The van der Waals surface area contributed by atoms with Gasteiger partial charge in [0.2, 0.25) is 0 Å². The van der Waals surface area contributed by atoms with Crippen LogP contribution < -0.4 is 9.47 Å². The number of carbonyl (C=O) groups is 1. The molecule has 1 N–H and O–H groups in total. The van der Waals surface area contributed by atoms with Crippen molar-refractivity contribution in [1.82, 2.24) is 0 Å². The van der Waals surface area contributed by atoms with Crippen molar-refractivity contribution in [3.63, 3.8) is 0 Å². The lowest BCUT2D eigenvalue weighted by molar-refractivity contribution is 0.0695. The Kier molecular flexibility index (Phi) is 6.08. The predicted octanol–water partition coefficient (Wildman–Crippen LogP) is 5.37. The number of hydrogen-bond donors (Lipinski definition) is 1. The molecular formula is C27H26O4. The molecule has 0 spiro atoms. The van der Waals surface area contributed by atoms with Crippen molar-refractivity contribution < 1.29 is 19.4 Å². The maximum absolute atomic E-state index is 11.6. The second-order valence-electron chi connectivity index (χ2n) is 7.74. The van der Waals surface area contributed by atoms with E-state index in [-0.39, 0.29) is 0 Å². The molecule has 158 valence electrons. The van der Waals surface area contributed by atoms with Crippen molar-refractivity contribution in [2.24, 2.45) is 0 Å². The number of carboxylic acids is 1. The molecule has 0 unspecified atom stereocenters. The maximum atomic E-state index is 11.6. The zero-order valence-electron chi connectivity index (χ0n) is 17.9. The summed E-state index contributed by atoms with van der Waals surface area (Å²) < 4.78 is 10.9. The van der Waals surface area contributed by atoms with Crippen molar-refractivity contribution in [2.75, 3.05) is 14.2 Å². The predicted molar refractivity (Wildman–Crippen MR) is 122 cm³/mol. The normalized spacial score (nSPS) is 12.3. The highest BCUT2D eigenvalue weighted by atomic mass is 16.5. The molecule has 0 aliphatic heterocycles. The number of methoxy groups -OCH3 is 2. The first-order valence-corrected chi connectivity index (χ1v) is 10.4. The Morgan fingerprint density at radius 3 is 2.29 bits per heavy atom. The average Bonchev–Trinajstić information content (AvgIpc) is 3.20. The van der Waals surface area contributed by atoms with E-state index in [0.29, 0.717) is 12.0 Å². The summed E-state index contributed by atoms with van der Waals surface area (Å²) in [5.41, 5.74) is 7.58. The fourth-order valence-electron chi connectivity index (χ4n) is 4.34. The van der Waals surface area contributed by atoms with Gasteiger partial charge in [-0.3, -0.25) is 0 Å². The van der Waals surface area contributed by atoms with Crippen LogP contribution in [0, 0.1) is 0 Å². The molecule has 1 aliphatic carbocycles. The van der Waals surface area contributed by atoms with Gasteiger partial charge in [0.1, 0.15) is 11.5 Å². The molecule has 0 radical (unpaired) electrons. The molecular weight excluding hydrogens is 388 g/mol. The molecule has 0 heterocycles. The molecule has 1 aliphatic rings. The van der Waals surface area contributed by atoms with Gasteiger partial charge in [0.25, 0.3) is 0 Å². The van der Waals surface area contributed by atoms with Crippen LogP contribution in [0.15, 0.2) is 66.7 Å². The number of benzene rings is 3. The lowest BCUT2D eigenvalue weighted by Crippen LogP contribution is -2.05. The van der Waals surface area contributed by atoms with Crippen LogP contribution in [-0.2, 0) is 25.7 Å². The Labute approximate surface area is 182 Å². The molecule has 0 saturated heterocycles. The summed E-state index contributed by atoms with van der Waals surface area (Å²) in [6.07, 6.45) is 5.51. The van der Waals surface area contributed by atoms with Crippen molar-refractivity contribution in [3.8, 4) is 11.5 Å². The molecule has 4 heteroatoms. The highest BCUT2D eigenvalue weighted by Gasteiger charge is 2.19. The van der Waals surface area contributed by atoms with E-state index in [1.165, 1.54) is 22.3 Å². The highest BCUT2D eigenvalue weighted by Crippen LogP contribution is 2.35. The minimum absolute atomic E-state index is 0.384. The molecule has 0 aromatic heterocycles. The lowest BCUT2D eigenvalue weighted by Gasteiger charge is -2.15. The minimum atomic E-state index is -0.874. The van der Waals surface area contributed by atoms with Gasteiger partial charge in [-0.15, -0.1) is 0 Å². The molecule has 3 aromatic carbocycles. The van der Waals surface area contributed by atoms with Crippen LogP contribution in [0.5, 0.6) is 11.5 Å². The van der Waals surface area contributed by atoms with E-state index < -0.39 is 5.97 Å². The number of carboxylic acid groups (broad SMARTS) is 1. The van der Waals surface area contributed by atoms with E-state index in [2.05, 4.69) is 24.3 Å². The number of aromatic carboxylic acids is 1. The van der Waals surface area contributed by atoms with Gasteiger partial charge in [0, 0.05) is 6.07 Å². The Morgan fingerprint density at radius 1 is 0.903 bits per heavy atom. The molecule has 3 aromatic rings. The topological polar surface area (TPSA) is 55.8 Å². The zero-order valence-corrected chi connectivity index (χ0v) is 17.9. The van der Waals surface area contributed by atoms with Crippen molar-refractivity contribution >= 4 is 11.5 Å². The monoisotopic (exact) mass is 414 g/mol. The molecule has 0 atom stereocenters. The standard InChI is InChI=1S/C27H26O4/c1-30-23-15-18(16-24(17-23)31-2)14-22-13-12-21-8-5-7-20(26(21)22)11-10-19-6-3-4-9-25(19)27(28)29/h3-9,13,15-17H,10-12,14H2,1-2H3,(H,28,29). The number of rotatable bonds is 8. The van der Waals surface area contributed by atoms with E-state index in [1.807, 2.05) is 30.3 Å². The molecule has 0 saturated carbocycles. The summed E-state index contributed by atoms with van der Waals surface area (Å²) in [4.78, 5) is 11.6. The van der Waals surface area contributed by atoms with Gasteiger partial charge in [-0.1, -0.05) is 42.5 Å². The van der Waals surface area contributed by atoms with Crippen LogP contribution in [0.25, 0.3) is 5.57 Å². The number of allylic oxidation sites excluding steroid dienone is 2. The first kappa shape index (κ1) is 20.7. The third kappa shape index (κ3) is 4.48. The van der Waals surface area contributed by atoms with Crippen LogP contribution in [0.2, 0.25) is 0 Å². The van der Waals surface area contributed by atoms with Crippen molar-refractivity contribution in [3.05, 3.63) is 100 Å². The summed E-state index contributed by atoms with van der Waals surface area (Å²) in [5.74, 6) is 0.694. The third-order valence-corrected chi connectivity index (χ3v) is 5.84. The Bertz CT molecular complexity index is 1120. The Hall–Kier alpha value is -3.53. The summed E-state index contributed by atoms with van der Waals surface area (Å²) in [7, 11) is 3.32. The summed E-state index contributed by atoms with van der Waals surface area (Å²) in [6.45, 7) is 0. The first-order valence-electron chi connectivity index (χ1n) is 10.4. The third-order valence-electron chi connectivity index (χ3n) is 5.84. The summed E-state index contributed by atoms with van der Waals surface area (Å²) in [6, 6.07) is 19.7. The molecule has 0 amide bonds. The fourth-order valence-corrected chi connectivity index (χ4v) is 4.34. The molecule has 4 rings (SSSR count). The van der Waals surface area contributed by atoms with Gasteiger partial charge < -0.3 is 14.6 Å². The van der Waals surface area contributed by atoms with Crippen LogP contribution in [-0.4, -0.2) is 25.3 Å². The van der Waals surface area contributed by atoms with Gasteiger partial charge in [0.05, 0.1) is 19.8 Å². The van der Waals surface area contributed by atoms with Gasteiger partial charge >= 0.3 is 5.97 Å². The van der Waals surface area contributed by atoms with E-state index in [0.717, 1.165) is 41.9 Å². The second-order valence-corrected chi connectivity index (χ2v) is 7.74. The number of hydrogen-bond acceptors (Lipinski definition) is 3. The fraction of sp³-hybridized carbons (Fsp3) is 0.222. The van der Waals surface area contributed by atoms with Crippen molar-refractivity contribution in [2.45, 2.75) is 25.7 Å². The number of ether oxygens (including phenoxy) is 2. The number of fused-ring (bicyclic) bond motifs is 1. The van der Waals surface area contributed by atoms with Gasteiger partial charge in [-0.25, -0.2) is 4.79 Å². The molecule has 0 bridgehead atoms. The summed E-state index contributed by atoms with van der Waals surface area (Å²) in [5, 5.41) is 9.48. The minimum Gasteiger partial charge on any atom is -0.497 e. The van der Waals surface area contributed by atoms with Gasteiger partial charge in [-0.05, 0) is 77.3 Å². The van der Waals surface area contributed by atoms with Crippen LogP contribution in [0.1, 0.15) is 38.2 Å². The molecule has 31 heavy (non-hydrogen) atoms. The zero-order chi connectivity index (χ0) is 21.8. The number of aryl methyl sites for hydroxylation is 2. The Morgan fingerprint density at radius 2 is 1.58 bits per heavy atom. The smallest absolute Gasteiger partial charge is 0.335 e. The van der Waals surface area contributed by atoms with Gasteiger partial charge in [0.15, 0.2) is 0 Å². The van der Waals surface area contributed by atoms with E-state index in [1.54, 1.807) is 26.4 Å². The van der Waals surface area contributed by atoms with Crippen LogP contribution in [0.4, 0.5) is 0 Å². The molecule has 4 nitrogen and oxygen atoms in total. The lowest BCUT2D eigenvalue weighted by atomic mass is 9.91. The van der Waals surface area contributed by atoms with Crippen LogP contribution >= 0.6 is 0 Å². The first-order chi connectivity index (χ1) is 15.1.